The number of amides is 1. The van der Waals surface area contributed by atoms with Gasteiger partial charge in [-0.2, -0.15) is 13.2 Å². The van der Waals surface area contributed by atoms with Gasteiger partial charge in [-0.25, -0.2) is 4.68 Å². The minimum Gasteiger partial charge on any atom is -0.469 e. The summed E-state index contributed by atoms with van der Waals surface area (Å²) in [6.07, 6.45) is -3.08. The topological polar surface area (TPSA) is 99.0 Å². The summed E-state index contributed by atoms with van der Waals surface area (Å²) in [6.45, 7) is 1.74. The number of aromatic nitrogens is 3. The monoisotopic (exact) mass is 397 g/mol. The number of para-hydroxylation sites is 1. The van der Waals surface area contributed by atoms with Crippen molar-refractivity contribution >= 4 is 23.4 Å². The van der Waals surface area contributed by atoms with Gasteiger partial charge in [-0.3, -0.25) is 4.79 Å². The molecule has 0 radical (unpaired) electrons. The average Bonchev–Trinajstić information content (AvgIpc) is 3.18. The number of aryl methyl sites for hydroxylation is 1. The summed E-state index contributed by atoms with van der Waals surface area (Å²) in [5.74, 6) is 6.08. The summed E-state index contributed by atoms with van der Waals surface area (Å²) in [5.41, 5.74) is -0.567. The van der Waals surface area contributed by atoms with Crippen LogP contribution in [0, 0.1) is 6.92 Å². The molecule has 2 heterocycles. The summed E-state index contributed by atoms with van der Waals surface area (Å²) in [4.78, 5) is 12.1. The summed E-state index contributed by atoms with van der Waals surface area (Å²) in [7, 11) is 0. The Morgan fingerprint density at radius 2 is 2.04 bits per heavy atom. The molecule has 7 nitrogen and oxygen atoms in total. The lowest BCUT2D eigenvalue weighted by Gasteiger charge is -2.13. The van der Waals surface area contributed by atoms with Gasteiger partial charge in [0, 0.05) is 0 Å². The molecule has 0 fully saturated rings. The molecule has 0 aliphatic carbocycles. The van der Waals surface area contributed by atoms with E-state index in [1.54, 1.807) is 13.0 Å². The van der Waals surface area contributed by atoms with E-state index in [0.29, 0.717) is 17.1 Å². The van der Waals surface area contributed by atoms with Crippen molar-refractivity contribution in [1.82, 2.24) is 14.9 Å². The number of thioether (sulfide) groups is 1. The number of nitrogens with one attached hydrogen (secondary N) is 1. The second kappa shape index (κ2) is 7.35. The van der Waals surface area contributed by atoms with Crippen LogP contribution in [0.3, 0.4) is 0 Å². The number of hydrogen-bond donors (Lipinski definition) is 2. The first kappa shape index (κ1) is 18.8. The number of rotatable bonds is 5. The predicted molar refractivity (Wildman–Crippen MR) is 93.4 cm³/mol. The molecule has 0 aliphatic heterocycles. The molecule has 0 saturated heterocycles. The molecule has 0 saturated carbocycles. The van der Waals surface area contributed by atoms with E-state index in [2.05, 4.69) is 15.5 Å². The molecule has 3 rings (SSSR count). The average molecular weight is 397 g/mol. The number of carbonyl (C=O) groups is 1. The van der Waals surface area contributed by atoms with Crippen LogP contribution in [0.2, 0.25) is 0 Å². The van der Waals surface area contributed by atoms with Gasteiger partial charge in [0.25, 0.3) is 0 Å². The fourth-order valence-corrected chi connectivity index (χ4v) is 2.99. The number of halogens is 3. The molecule has 0 spiro atoms. The Hall–Kier alpha value is -2.95. The van der Waals surface area contributed by atoms with Crippen LogP contribution >= 0.6 is 11.8 Å². The standard InChI is InChI=1S/C16H14F3N5O2S/c1-9-10(6-7-26-9)14-22-23-15(24(14)20)27-8-13(25)21-12-5-3-2-4-11(12)16(17,18)19/h2-7H,8,20H2,1H3,(H,21,25). The lowest BCUT2D eigenvalue weighted by atomic mass is 10.1. The lowest BCUT2D eigenvalue weighted by molar-refractivity contribution is -0.137. The number of benzene rings is 1. The van der Waals surface area contributed by atoms with E-state index in [1.807, 2.05) is 0 Å². The Kier molecular flexibility index (Phi) is 5.13. The lowest BCUT2D eigenvalue weighted by Crippen LogP contribution is -2.19. The minimum atomic E-state index is -4.56. The maximum absolute atomic E-state index is 13.0. The maximum atomic E-state index is 13.0. The Bertz CT molecular complexity index is 967. The second-order valence-electron chi connectivity index (χ2n) is 5.45. The van der Waals surface area contributed by atoms with E-state index >= 15 is 0 Å². The molecule has 1 aromatic carbocycles. The molecule has 0 bridgehead atoms. The maximum Gasteiger partial charge on any atom is 0.418 e. The third-order valence-electron chi connectivity index (χ3n) is 3.60. The normalized spacial score (nSPS) is 11.6. The molecule has 0 unspecified atom stereocenters. The molecule has 0 atom stereocenters. The zero-order chi connectivity index (χ0) is 19.6. The van der Waals surface area contributed by atoms with E-state index in [1.165, 1.54) is 29.1 Å². The molecule has 27 heavy (non-hydrogen) atoms. The van der Waals surface area contributed by atoms with Crippen LogP contribution in [0.4, 0.5) is 18.9 Å². The van der Waals surface area contributed by atoms with Crippen molar-refractivity contribution in [3.05, 3.63) is 47.9 Å². The number of alkyl halides is 3. The van der Waals surface area contributed by atoms with Gasteiger partial charge < -0.3 is 15.6 Å². The summed E-state index contributed by atoms with van der Waals surface area (Å²) >= 11 is 0.952. The SMILES string of the molecule is Cc1occc1-c1nnc(SCC(=O)Nc2ccccc2C(F)(F)F)n1N. The van der Waals surface area contributed by atoms with Gasteiger partial charge in [0.2, 0.25) is 11.1 Å². The van der Waals surface area contributed by atoms with Crippen LogP contribution in [0.25, 0.3) is 11.4 Å². The van der Waals surface area contributed by atoms with Crippen LogP contribution < -0.4 is 11.2 Å². The third-order valence-corrected chi connectivity index (χ3v) is 4.55. The summed E-state index contributed by atoms with van der Waals surface area (Å²) in [5, 5.41) is 10.3. The van der Waals surface area contributed by atoms with E-state index in [-0.39, 0.29) is 16.6 Å². The number of nitrogens with two attached hydrogens (primary N) is 1. The first-order valence-electron chi connectivity index (χ1n) is 7.61. The zero-order valence-electron chi connectivity index (χ0n) is 13.9. The molecule has 3 N–H and O–H groups in total. The van der Waals surface area contributed by atoms with Gasteiger partial charge in [-0.1, -0.05) is 23.9 Å². The van der Waals surface area contributed by atoms with Crippen molar-refractivity contribution in [1.29, 1.82) is 0 Å². The highest BCUT2D eigenvalue weighted by molar-refractivity contribution is 7.99. The number of hydrogen-bond acceptors (Lipinski definition) is 6. The van der Waals surface area contributed by atoms with Crippen LogP contribution in [-0.4, -0.2) is 26.5 Å². The van der Waals surface area contributed by atoms with Crippen LogP contribution in [0.1, 0.15) is 11.3 Å². The van der Waals surface area contributed by atoms with Gasteiger partial charge in [-0.15, -0.1) is 10.2 Å². The van der Waals surface area contributed by atoms with Crippen LogP contribution in [0.5, 0.6) is 0 Å². The third kappa shape index (κ3) is 4.08. The zero-order valence-corrected chi connectivity index (χ0v) is 14.8. The van der Waals surface area contributed by atoms with Gasteiger partial charge in [0.05, 0.1) is 28.8 Å². The highest BCUT2D eigenvalue weighted by Gasteiger charge is 2.33. The fraction of sp³-hybridized carbons (Fsp3) is 0.188. The number of nitrogens with zero attached hydrogens (tertiary/aromatic N) is 3. The van der Waals surface area contributed by atoms with Crippen LogP contribution in [0.15, 0.2) is 46.2 Å². The molecule has 1 amide bonds. The quantitative estimate of drug-likeness (QED) is 0.506. The van der Waals surface area contributed by atoms with E-state index in [0.717, 1.165) is 17.8 Å². The van der Waals surface area contributed by atoms with E-state index in [4.69, 9.17) is 10.3 Å². The molecular weight excluding hydrogens is 383 g/mol. The Morgan fingerprint density at radius 1 is 1.30 bits per heavy atom. The van der Waals surface area contributed by atoms with E-state index < -0.39 is 17.6 Å². The van der Waals surface area contributed by atoms with Gasteiger partial charge in [0.15, 0.2) is 5.82 Å². The molecule has 0 aliphatic rings. The van der Waals surface area contributed by atoms with E-state index in [9.17, 15) is 18.0 Å². The van der Waals surface area contributed by atoms with Crippen molar-refractivity contribution in [3.63, 3.8) is 0 Å². The second-order valence-corrected chi connectivity index (χ2v) is 6.39. The van der Waals surface area contributed by atoms with Crippen molar-refractivity contribution in [3.8, 4) is 11.4 Å². The summed E-state index contributed by atoms with van der Waals surface area (Å²) < 4.78 is 45.3. The molecule has 3 aromatic rings. The van der Waals surface area contributed by atoms with Gasteiger partial charge in [0.1, 0.15) is 5.76 Å². The largest absolute Gasteiger partial charge is 0.469 e. The Labute approximate surface area is 155 Å². The Balaban J connectivity index is 1.68. The molecule has 11 heteroatoms. The molecule has 2 aromatic heterocycles. The Morgan fingerprint density at radius 3 is 2.70 bits per heavy atom. The fourth-order valence-electron chi connectivity index (χ4n) is 2.33. The van der Waals surface area contributed by atoms with Gasteiger partial charge in [-0.05, 0) is 25.1 Å². The first-order valence-corrected chi connectivity index (χ1v) is 8.59. The van der Waals surface area contributed by atoms with Crippen molar-refractivity contribution in [2.45, 2.75) is 18.3 Å². The van der Waals surface area contributed by atoms with Crippen molar-refractivity contribution in [2.24, 2.45) is 0 Å². The highest BCUT2D eigenvalue weighted by Crippen LogP contribution is 2.34. The number of nitrogen functional groups attached to an aromatic ring is 1. The number of carbonyl (C=O) groups excluding carboxylic acids is 1. The van der Waals surface area contributed by atoms with Crippen molar-refractivity contribution in [2.75, 3.05) is 16.9 Å². The predicted octanol–water partition coefficient (Wildman–Crippen LogP) is 3.31. The number of anilines is 1. The number of furan rings is 1. The highest BCUT2D eigenvalue weighted by atomic mass is 32.2. The van der Waals surface area contributed by atoms with Crippen molar-refractivity contribution < 1.29 is 22.4 Å². The van der Waals surface area contributed by atoms with Crippen LogP contribution in [-0.2, 0) is 11.0 Å². The molecule has 142 valence electrons. The molecular formula is C16H14F3N5O2S. The minimum absolute atomic E-state index is 0.189. The first-order chi connectivity index (χ1) is 12.8. The summed E-state index contributed by atoms with van der Waals surface area (Å²) in [6, 6.07) is 6.44. The van der Waals surface area contributed by atoms with Gasteiger partial charge >= 0.3 is 6.18 Å². The smallest absolute Gasteiger partial charge is 0.418 e.